The van der Waals surface area contributed by atoms with Crippen molar-refractivity contribution in [3.05, 3.63) is 65.7 Å². The molecule has 0 radical (unpaired) electrons. The molecule has 0 aliphatic carbocycles. The Morgan fingerprint density at radius 3 is 2.29 bits per heavy atom. The Morgan fingerprint density at radius 1 is 1.00 bits per heavy atom. The first-order valence-electron chi connectivity index (χ1n) is 8.13. The summed E-state index contributed by atoms with van der Waals surface area (Å²) in [7, 11) is 0. The summed E-state index contributed by atoms with van der Waals surface area (Å²) in [5.41, 5.74) is 0.386. The average Bonchev–Trinajstić information content (AvgIpc) is 2.61. The first kappa shape index (κ1) is 16.8. The molecule has 2 aromatic carbocycles. The number of alkyl halides is 3. The zero-order valence-corrected chi connectivity index (χ0v) is 13.2. The Balaban J connectivity index is 1.81. The minimum atomic E-state index is -4.33. The lowest BCUT2D eigenvalue weighted by Gasteiger charge is -2.31. The predicted octanol–water partition coefficient (Wildman–Crippen LogP) is 4.83. The lowest BCUT2D eigenvalue weighted by atomic mass is 9.89. The summed E-state index contributed by atoms with van der Waals surface area (Å²) in [6.45, 7) is 1.85. The predicted molar refractivity (Wildman–Crippen MR) is 86.8 cm³/mol. The first-order chi connectivity index (χ1) is 11.5. The van der Waals surface area contributed by atoms with E-state index >= 15 is 0 Å². The molecule has 0 spiro atoms. The van der Waals surface area contributed by atoms with Gasteiger partial charge in [-0.1, -0.05) is 30.3 Å². The maximum Gasteiger partial charge on any atom is 0.416 e. The van der Waals surface area contributed by atoms with Crippen LogP contribution in [0.4, 0.5) is 13.2 Å². The molecule has 2 nitrogen and oxygen atoms in total. The van der Waals surface area contributed by atoms with E-state index < -0.39 is 11.7 Å². The van der Waals surface area contributed by atoms with Crippen LogP contribution >= 0.6 is 0 Å². The molecule has 2 atom stereocenters. The maximum atomic E-state index is 12.7. The highest BCUT2D eigenvalue weighted by atomic mass is 19.4. The van der Waals surface area contributed by atoms with Crippen LogP contribution in [0.3, 0.4) is 0 Å². The van der Waals surface area contributed by atoms with E-state index in [1.54, 1.807) is 0 Å². The fraction of sp³-hybridized carbons (Fsp3) is 0.368. The molecule has 1 N–H and O–H groups in total. The van der Waals surface area contributed by atoms with E-state index in [1.807, 2.05) is 30.3 Å². The number of hydrogen-bond donors (Lipinski definition) is 1. The fourth-order valence-electron chi connectivity index (χ4n) is 3.09. The van der Waals surface area contributed by atoms with Crippen LogP contribution in [-0.2, 0) is 6.18 Å². The van der Waals surface area contributed by atoms with Crippen molar-refractivity contribution in [2.24, 2.45) is 5.92 Å². The van der Waals surface area contributed by atoms with Crippen molar-refractivity contribution in [2.75, 3.05) is 13.1 Å². The third-order valence-corrected chi connectivity index (χ3v) is 4.34. The van der Waals surface area contributed by atoms with Crippen LogP contribution in [0.1, 0.15) is 30.1 Å². The highest BCUT2D eigenvalue weighted by Gasteiger charge is 2.31. The van der Waals surface area contributed by atoms with Gasteiger partial charge in [-0.15, -0.1) is 0 Å². The van der Waals surface area contributed by atoms with Crippen molar-refractivity contribution >= 4 is 0 Å². The Labute approximate surface area is 139 Å². The topological polar surface area (TPSA) is 21.3 Å². The Kier molecular flexibility index (Phi) is 5.09. The smallest absolute Gasteiger partial charge is 0.416 e. The molecular formula is C19H20F3NO. The lowest BCUT2D eigenvalue weighted by Crippen LogP contribution is -2.35. The summed E-state index contributed by atoms with van der Waals surface area (Å²) in [6.07, 6.45) is -2.39. The lowest BCUT2D eigenvalue weighted by molar-refractivity contribution is -0.137. The second kappa shape index (κ2) is 7.26. The zero-order chi connectivity index (χ0) is 17.0. The van der Waals surface area contributed by atoms with E-state index in [0.29, 0.717) is 11.7 Å². The second-order valence-electron chi connectivity index (χ2n) is 6.08. The van der Waals surface area contributed by atoms with Gasteiger partial charge in [0, 0.05) is 12.5 Å². The maximum absolute atomic E-state index is 12.7. The third kappa shape index (κ3) is 4.09. The molecule has 1 saturated heterocycles. The van der Waals surface area contributed by atoms with Crippen LogP contribution in [0.15, 0.2) is 54.6 Å². The highest BCUT2D eigenvalue weighted by Crippen LogP contribution is 2.34. The minimum Gasteiger partial charge on any atom is -0.485 e. The monoisotopic (exact) mass is 335 g/mol. The third-order valence-electron chi connectivity index (χ3n) is 4.34. The van der Waals surface area contributed by atoms with Crippen molar-refractivity contribution in [2.45, 2.75) is 25.1 Å². The van der Waals surface area contributed by atoms with Crippen LogP contribution in [0, 0.1) is 5.92 Å². The molecule has 2 aromatic rings. The van der Waals surface area contributed by atoms with Crippen LogP contribution in [0.2, 0.25) is 0 Å². The van der Waals surface area contributed by atoms with Gasteiger partial charge in [-0.2, -0.15) is 13.2 Å². The average molecular weight is 335 g/mol. The molecule has 0 saturated carbocycles. The van der Waals surface area contributed by atoms with Gasteiger partial charge in [0.2, 0.25) is 0 Å². The van der Waals surface area contributed by atoms with Crippen LogP contribution in [-0.4, -0.2) is 13.1 Å². The van der Waals surface area contributed by atoms with Crippen molar-refractivity contribution < 1.29 is 17.9 Å². The van der Waals surface area contributed by atoms with Crippen LogP contribution < -0.4 is 10.1 Å². The van der Waals surface area contributed by atoms with Crippen molar-refractivity contribution in [1.82, 2.24) is 5.32 Å². The van der Waals surface area contributed by atoms with E-state index in [9.17, 15) is 13.2 Å². The SMILES string of the molecule is FC(F)(F)c1ccc(O[C@@H](c2ccccc2)[C@@H]2CCCNC2)cc1. The summed E-state index contributed by atoms with van der Waals surface area (Å²) in [5, 5.41) is 3.37. The summed E-state index contributed by atoms with van der Waals surface area (Å²) in [4.78, 5) is 0. The molecule has 24 heavy (non-hydrogen) atoms. The molecule has 0 aromatic heterocycles. The molecule has 0 unspecified atom stereocenters. The molecule has 1 heterocycles. The Hall–Kier alpha value is -2.01. The molecule has 1 aliphatic rings. The van der Waals surface area contributed by atoms with Crippen molar-refractivity contribution in [3.63, 3.8) is 0 Å². The normalized spacial score (nSPS) is 19.7. The van der Waals surface area contributed by atoms with E-state index in [1.165, 1.54) is 12.1 Å². The van der Waals surface area contributed by atoms with Gasteiger partial charge < -0.3 is 10.1 Å². The highest BCUT2D eigenvalue weighted by molar-refractivity contribution is 5.30. The fourth-order valence-corrected chi connectivity index (χ4v) is 3.09. The molecule has 128 valence electrons. The Bertz CT molecular complexity index is 634. The van der Waals surface area contributed by atoms with Crippen molar-refractivity contribution in [1.29, 1.82) is 0 Å². The molecule has 0 bridgehead atoms. The van der Waals surface area contributed by atoms with Gasteiger partial charge in [0.1, 0.15) is 11.9 Å². The number of hydrogen-bond acceptors (Lipinski definition) is 2. The summed E-state index contributed by atoms with van der Waals surface area (Å²) >= 11 is 0. The molecular weight excluding hydrogens is 315 g/mol. The standard InChI is InChI=1S/C19H20F3NO/c20-19(21,22)16-8-10-17(11-9-16)24-18(14-5-2-1-3-6-14)15-7-4-12-23-13-15/h1-3,5-6,8-11,15,18,23H,4,7,12-13H2/t15-,18+/m1/s1. The molecule has 1 aliphatic heterocycles. The summed E-state index contributed by atoms with van der Waals surface area (Å²) in [6, 6.07) is 14.8. The van der Waals surface area contributed by atoms with Crippen LogP contribution in [0.25, 0.3) is 0 Å². The number of ether oxygens (including phenoxy) is 1. The van der Waals surface area contributed by atoms with E-state index in [4.69, 9.17) is 4.74 Å². The molecule has 3 rings (SSSR count). The number of piperidine rings is 1. The van der Waals surface area contributed by atoms with Gasteiger partial charge in [0.15, 0.2) is 0 Å². The van der Waals surface area contributed by atoms with Gasteiger partial charge >= 0.3 is 6.18 Å². The number of benzene rings is 2. The molecule has 0 amide bonds. The van der Waals surface area contributed by atoms with Gasteiger partial charge in [-0.3, -0.25) is 0 Å². The zero-order valence-electron chi connectivity index (χ0n) is 13.2. The largest absolute Gasteiger partial charge is 0.485 e. The van der Waals surface area contributed by atoms with Gasteiger partial charge in [-0.05, 0) is 49.2 Å². The van der Waals surface area contributed by atoms with Gasteiger partial charge in [0.05, 0.1) is 5.56 Å². The van der Waals surface area contributed by atoms with E-state index in [-0.39, 0.29) is 6.10 Å². The number of rotatable bonds is 4. The minimum absolute atomic E-state index is 0.171. The van der Waals surface area contributed by atoms with Crippen LogP contribution in [0.5, 0.6) is 5.75 Å². The van der Waals surface area contributed by atoms with Gasteiger partial charge in [0.25, 0.3) is 0 Å². The summed E-state index contributed by atoms with van der Waals surface area (Å²) < 4.78 is 44.2. The van der Waals surface area contributed by atoms with Gasteiger partial charge in [-0.25, -0.2) is 0 Å². The first-order valence-corrected chi connectivity index (χ1v) is 8.13. The number of halogens is 3. The van der Waals surface area contributed by atoms with Crippen molar-refractivity contribution in [3.8, 4) is 5.75 Å². The van der Waals surface area contributed by atoms with E-state index in [2.05, 4.69) is 5.32 Å². The summed E-state index contributed by atoms with van der Waals surface area (Å²) in [5.74, 6) is 0.755. The molecule has 1 fully saturated rings. The Morgan fingerprint density at radius 2 is 1.71 bits per heavy atom. The second-order valence-corrected chi connectivity index (χ2v) is 6.08. The quantitative estimate of drug-likeness (QED) is 0.864. The van der Waals surface area contributed by atoms with E-state index in [0.717, 1.165) is 43.6 Å². The number of nitrogens with one attached hydrogen (secondary N) is 1. The molecule has 5 heteroatoms.